The van der Waals surface area contributed by atoms with Crippen LogP contribution >= 0.6 is 11.5 Å². The van der Waals surface area contributed by atoms with Gasteiger partial charge in [-0.15, -0.1) is 5.10 Å². The van der Waals surface area contributed by atoms with Crippen LogP contribution in [0.4, 0.5) is 0 Å². The molecule has 0 saturated carbocycles. The number of rotatable bonds is 0. The van der Waals surface area contributed by atoms with E-state index in [2.05, 4.69) is 39.2 Å². The highest BCUT2D eigenvalue weighted by Gasteiger charge is 2.05. The molecule has 3 rings (SSSR count). The predicted octanol–water partition coefficient (Wildman–Crippen LogP) is 1.87. The molecular weight excluding hydrogens is 206 g/mol. The Morgan fingerprint density at radius 3 is 2.67 bits per heavy atom. The third kappa shape index (κ3) is 3.11. The minimum atomic E-state index is 1.05. The number of aromatic nitrogens is 2. The van der Waals surface area contributed by atoms with Crippen LogP contribution in [0.5, 0.6) is 0 Å². The summed E-state index contributed by atoms with van der Waals surface area (Å²) < 4.78 is 3.51. The van der Waals surface area contributed by atoms with E-state index in [0.717, 1.165) is 13.1 Å². The summed E-state index contributed by atoms with van der Waals surface area (Å²) in [6.45, 7) is 2.19. The molecule has 0 aliphatic carbocycles. The zero-order valence-electron chi connectivity index (χ0n) is 8.39. The van der Waals surface area contributed by atoms with Crippen LogP contribution in [-0.4, -0.2) is 16.1 Å². The van der Waals surface area contributed by atoms with Gasteiger partial charge in [-0.3, -0.25) is 0 Å². The van der Waals surface area contributed by atoms with Gasteiger partial charge in [0.2, 0.25) is 0 Å². The van der Waals surface area contributed by atoms with E-state index >= 15 is 0 Å². The van der Waals surface area contributed by atoms with Gasteiger partial charge in [-0.2, -0.15) is 0 Å². The summed E-state index contributed by atoms with van der Waals surface area (Å²) in [4.78, 5) is 0. The van der Waals surface area contributed by atoms with Crippen molar-refractivity contribution >= 4 is 11.5 Å². The summed E-state index contributed by atoms with van der Waals surface area (Å²) >= 11 is 1.35. The maximum atomic E-state index is 3.51. The predicted molar refractivity (Wildman–Crippen MR) is 61.8 cm³/mol. The second-order valence-electron chi connectivity index (χ2n) is 3.28. The third-order valence-corrected chi connectivity index (χ3v) is 2.72. The summed E-state index contributed by atoms with van der Waals surface area (Å²) in [5.41, 5.74) is 2.98. The minimum absolute atomic E-state index is 1.05. The van der Waals surface area contributed by atoms with E-state index < -0.39 is 0 Å². The smallest absolute Gasteiger partial charge is 0.0620 e. The molecule has 1 aliphatic heterocycles. The molecule has 0 radical (unpaired) electrons. The van der Waals surface area contributed by atoms with Crippen LogP contribution in [0.1, 0.15) is 11.1 Å². The highest BCUT2D eigenvalue weighted by atomic mass is 32.1. The fraction of sp³-hybridized carbons (Fsp3) is 0.273. The molecule has 1 N–H and O–H groups in total. The van der Waals surface area contributed by atoms with Crippen molar-refractivity contribution in [2.75, 3.05) is 6.54 Å². The third-order valence-electron chi connectivity index (χ3n) is 2.29. The van der Waals surface area contributed by atoms with Gasteiger partial charge in [0.05, 0.1) is 6.20 Å². The van der Waals surface area contributed by atoms with Crippen molar-refractivity contribution in [2.45, 2.75) is 13.0 Å². The Labute approximate surface area is 93.3 Å². The molecule has 0 fully saturated rings. The van der Waals surface area contributed by atoms with Gasteiger partial charge < -0.3 is 5.32 Å². The van der Waals surface area contributed by atoms with Crippen LogP contribution in [0.15, 0.2) is 35.8 Å². The number of nitrogens with one attached hydrogen (secondary N) is 1. The second-order valence-corrected chi connectivity index (χ2v) is 3.93. The zero-order chi connectivity index (χ0) is 10.3. The monoisotopic (exact) mass is 219 g/mol. The molecule has 0 unspecified atom stereocenters. The Balaban J connectivity index is 0.000000144. The lowest BCUT2D eigenvalue weighted by atomic mass is 10.0. The molecule has 0 saturated heterocycles. The van der Waals surface area contributed by atoms with E-state index in [4.69, 9.17) is 0 Å². The first-order chi connectivity index (χ1) is 7.47. The van der Waals surface area contributed by atoms with Crippen LogP contribution in [0, 0.1) is 0 Å². The Morgan fingerprint density at radius 1 is 1.20 bits per heavy atom. The summed E-state index contributed by atoms with van der Waals surface area (Å²) in [6, 6.07) is 8.63. The highest BCUT2D eigenvalue weighted by Crippen LogP contribution is 2.11. The molecule has 0 spiro atoms. The van der Waals surface area contributed by atoms with Gasteiger partial charge in [-0.1, -0.05) is 28.8 Å². The molecule has 4 heteroatoms. The summed E-state index contributed by atoms with van der Waals surface area (Å²) in [5.74, 6) is 0. The van der Waals surface area contributed by atoms with Crippen molar-refractivity contribution in [2.24, 2.45) is 0 Å². The maximum Gasteiger partial charge on any atom is 0.0620 e. The second kappa shape index (κ2) is 5.58. The van der Waals surface area contributed by atoms with E-state index in [1.807, 2.05) is 5.38 Å². The first-order valence-corrected chi connectivity index (χ1v) is 5.79. The molecule has 1 aromatic carbocycles. The largest absolute Gasteiger partial charge is 0.312 e. The molecule has 2 aromatic rings. The zero-order valence-corrected chi connectivity index (χ0v) is 9.20. The molecule has 78 valence electrons. The van der Waals surface area contributed by atoms with Gasteiger partial charge in [0.15, 0.2) is 0 Å². The first kappa shape index (κ1) is 10.3. The quantitative estimate of drug-likeness (QED) is 0.735. The molecule has 2 heterocycles. The number of hydrogen-bond donors (Lipinski definition) is 1. The average molecular weight is 219 g/mol. The van der Waals surface area contributed by atoms with Crippen molar-refractivity contribution in [1.82, 2.24) is 14.9 Å². The number of fused-ring (bicyclic) bond motifs is 1. The number of benzene rings is 1. The van der Waals surface area contributed by atoms with E-state index in [0.29, 0.717) is 0 Å². The van der Waals surface area contributed by atoms with Crippen molar-refractivity contribution in [3.63, 3.8) is 0 Å². The van der Waals surface area contributed by atoms with Crippen molar-refractivity contribution in [1.29, 1.82) is 0 Å². The van der Waals surface area contributed by atoms with Gasteiger partial charge in [-0.25, -0.2) is 0 Å². The highest BCUT2D eigenvalue weighted by molar-refractivity contribution is 7.03. The summed E-state index contributed by atoms with van der Waals surface area (Å²) in [6.07, 6.45) is 2.85. The molecule has 1 aromatic heterocycles. The van der Waals surface area contributed by atoms with Gasteiger partial charge >= 0.3 is 0 Å². The molecule has 0 atom stereocenters. The van der Waals surface area contributed by atoms with Crippen LogP contribution in [0.3, 0.4) is 0 Å². The first-order valence-electron chi connectivity index (χ1n) is 4.95. The Kier molecular flexibility index (Phi) is 3.82. The normalized spacial score (nSPS) is 13.6. The fourth-order valence-corrected chi connectivity index (χ4v) is 1.83. The Bertz CT molecular complexity index is 344. The van der Waals surface area contributed by atoms with Gasteiger partial charge in [0.25, 0.3) is 0 Å². The lowest BCUT2D eigenvalue weighted by Crippen LogP contribution is -2.23. The number of nitrogens with zero attached hydrogens (tertiary/aromatic N) is 2. The Hall–Kier alpha value is -1.26. The topological polar surface area (TPSA) is 37.8 Å². The Morgan fingerprint density at radius 2 is 2.07 bits per heavy atom. The standard InChI is InChI=1S/C9H11N.C2H2N2S/c1-2-4-9-7-10-6-5-8(9)3-1;1-2-5-4-3-1/h1-4,10H,5-7H2;1-2H. The van der Waals surface area contributed by atoms with Gasteiger partial charge in [0, 0.05) is 11.9 Å². The van der Waals surface area contributed by atoms with E-state index in [-0.39, 0.29) is 0 Å². The molecule has 0 amide bonds. The van der Waals surface area contributed by atoms with Crippen molar-refractivity contribution < 1.29 is 0 Å². The summed E-state index contributed by atoms with van der Waals surface area (Å²) in [7, 11) is 0. The van der Waals surface area contributed by atoms with Crippen LogP contribution in [0.25, 0.3) is 0 Å². The molecule has 3 nitrogen and oxygen atoms in total. The van der Waals surface area contributed by atoms with Gasteiger partial charge in [0.1, 0.15) is 0 Å². The van der Waals surface area contributed by atoms with E-state index in [9.17, 15) is 0 Å². The molecule has 15 heavy (non-hydrogen) atoms. The maximum absolute atomic E-state index is 3.51. The van der Waals surface area contributed by atoms with Crippen LogP contribution in [0.2, 0.25) is 0 Å². The van der Waals surface area contributed by atoms with Crippen molar-refractivity contribution in [3.8, 4) is 0 Å². The van der Waals surface area contributed by atoms with Crippen LogP contribution in [-0.2, 0) is 13.0 Å². The van der Waals surface area contributed by atoms with Crippen LogP contribution < -0.4 is 5.32 Å². The lowest BCUT2D eigenvalue weighted by molar-refractivity contribution is 0.644. The average Bonchev–Trinajstić information content (AvgIpc) is 2.88. The summed E-state index contributed by atoms with van der Waals surface area (Å²) in [5, 5.41) is 8.65. The molecule has 0 bridgehead atoms. The number of hydrogen-bond acceptors (Lipinski definition) is 4. The van der Waals surface area contributed by atoms with Crippen molar-refractivity contribution in [3.05, 3.63) is 47.0 Å². The fourth-order valence-electron chi connectivity index (χ4n) is 1.56. The molecular formula is C11H13N3S. The van der Waals surface area contributed by atoms with E-state index in [1.165, 1.54) is 29.1 Å². The SMILES string of the molecule is c1ccc2c(c1)CCNC2.c1csnn1. The molecule has 1 aliphatic rings. The minimum Gasteiger partial charge on any atom is -0.312 e. The van der Waals surface area contributed by atoms with E-state index in [1.54, 1.807) is 6.20 Å². The van der Waals surface area contributed by atoms with Gasteiger partial charge in [-0.05, 0) is 35.6 Å². The lowest BCUT2D eigenvalue weighted by Gasteiger charge is -2.15.